The van der Waals surface area contributed by atoms with Crippen molar-refractivity contribution in [2.75, 3.05) is 0 Å². The first kappa shape index (κ1) is 11.8. The second-order valence-electron chi connectivity index (χ2n) is 4.96. The van der Waals surface area contributed by atoms with Gasteiger partial charge in [0.2, 0.25) is 0 Å². The molecule has 2 nitrogen and oxygen atoms in total. The molecule has 3 rings (SSSR count). The zero-order chi connectivity index (χ0) is 13.6. The van der Waals surface area contributed by atoms with E-state index in [2.05, 4.69) is 12.1 Å². The van der Waals surface area contributed by atoms with Crippen molar-refractivity contribution in [1.82, 2.24) is 0 Å². The fraction of sp³-hybridized carbons (Fsp3) is 0.176. The van der Waals surface area contributed by atoms with Crippen molar-refractivity contribution < 1.29 is 9.59 Å². The van der Waals surface area contributed by atoms with Crippen LogP contribution < -0.4 is 10.4 Å². The molecule has 0 aromatic heterocycles. The van der Waals surface area contributed by atoms with E-state index in [0.717, 1.165) is 16.0 Å². The Labute approximate surface area is 111 Å². The maximum Gasteiger partial charge on any atom is 0.160 e. The van der Waals surface area contributed by atoms with Gasteiger partial charge in [-0.25, -0.2) is 0 Å². The molecule has 1 unspecified atom stereocenters. The Kier molecular flexibility index (Phi) is 2.59. The summed E-state index contributed by atoms with van der Waals surface area (Å²) in [5.41, 5.74) is 2.29. The summed E-state index contributed by atoms with van der Waals surface area (Å²) in [6.07, 6.45) is 5.82. The third-order valence-electron chi connectivity index (χ3n) is 3.74. The molecule has 0 aliphatic heterocycles. The minimum Gasteiger partial charge on any atom is -0.295 e. The van der Waals surface area contributed by atoms with E-state index in [9.17, 15) is 9.59 Å². The van der Waals surface area contributed by atoms with Gasteiger partial charge in [0, 0.05) is 17.1 Å². The van der Waals surface area contributed by atoms with Crippen molar-refractivity contribution in [3.05, 3.63) is 58.0 Å². The number of carbonyl (C=O) groups excluding carboxylic acids is 2. The van der Waals surface area contributed by atoms with Gasteiger partial charge in [-0.1, -0.05) is 42.5 Å². The van der Waals surface area contributed by atoms with Crippen LogP contribution in [0.3, 0.4) is 0 Å². The summed E-state index contributed by atoms with van der Waals surface area (Å²) in [7, 11) is 0. The van der Waals surface area contributed by atoms with Crippen LogP contribution in [0.15, 0.2) is 47.6 Å². The van der Waals surface area contributed by atoms with E-state index in [0.29, 0.717) is 11.1 Å². The topological polar surface area (TPSA) is 34.1 Å². The molecule has 0 saturated heterocycles. The largest absolute Gasteiger partial charge is 0.295 e. The predicted octanol–water partition coefficient (Wildman–Crippen LogP) is 1.29. The first-order valence-corrected chi connectivity index (χ1v) is 6.35. The Bertz CT molecular complexity index is 776. The van der Waals surface area contributed by atoms with Gasteiger partial charge >= 0.3 is 0 Å². The molecular formula is C17H14O2. The van der Waals surface area contributed by atoms with Crippen LogP contribution in [0.1, 0.15) is 13.8 Å². The molecule has 0 fully saturated rings. The van der Waals surface area contributed by atoms with Crippen LogP contribution >= 0.6 is 0 Å². The summed E-state index contributed by atoms with van der Waals surface area (Å²) in [4.78, 5) is 23.6. The van der Waals surface area contributed by atoms with Crippen molar-refractivity contribution in [2.24, 2.45) is 5.92 Å². The summed E-state index contributed by atoms with van der Waals surface area (Å²) in [5.74, 6) is -0.148. The molecule has 2 aliphatic carbocycles. The molecule has 94 valence electrons. The van der Waals surface area contributed by atoms with Crippen LogP contribution in [0, 0.1) is 5.92 Å². The normalized spacial score (nSPS) is 19.9. The Morgan fingerprint density at radius 3 is 2.42 bits per heavy atom. The molecule has 0 bridgehead atoms. The van der Waals surface area contributed by atoms with E-state index in [4.69, 9.17) is 0 Å². The van der Waals surface area contributed by atoms with Gasteiger partial charge < -0.3 is 0 Å². The molecule has 0 saturated carbocycles. The van der Waals surface area contributed by atoms with Crippen molar-refractivity contribution >= 4 is 23.2 Å². The highest BCUT2D eigenvalue weighted by molar-refractivity contribution is 6.10. The van der Waals surface area contributed by atoms with Crippen molar-refractivity contribution in [2.45, 2.75) is 13.8 Å². The average Bonchev–Trinajstić information content (AvgIpc) is 2.75. The van der Waals surface area contributed by atoms with E-state index in [-0.39, 0.29) is 17.5 Å². The Morgan fingerprint density at radius 1 is 1.00 bits per heavy atom. The number of hydrogen-bond acceptors (Lipinski definition) is 2. The molecule has 0 spiro atoms. The third kappa shape index (κ3) is 1.72. The number of rotatable bonds is 2. The predicted molar refractivity (Wildman–Crippen MR) is 74.6 cm³/mol. The van der Waals surface area contributed by atoms with Gasteiger partial charge in [-0.05, 0) is 29.9 Å². The smallest absolute Gasteiger partial charge is 0.160 e. The standard InChI is InChI=1S/C17H14O2/c1-10(18)13-7-8-15-14-6-4-3-5-12(14)9-16(15)17(13)11(2)19/h3-9,16H,1-2H3. The number of ketones is 2. The summed E-state index contributed by atoms with van der Waals surface area (Å²) < 4.78 is 0. The number of allylic oxidation sites excluding steroid dienone is 4. The fourth-order valence-electron chi connectivity index (χ4n) is 2.92. The van der Waals surface area contributed by atoms with Gasteiger partial charge in [0.1, 0.15) is 0 Å². The summed E-state index contributed by atoms with van der Waals surface area (Å²) in [6.45, 7) is 3.04. The molecule has 1 aromatic carbocycles. The van der Waals surface area contributed by atoms with Crippen molar-refractivity contribution in [1.29, 1.82) is 0 Å². The first-order chi connectivity index (χ1) is 9.09. The van der Waals surface area contributed by atoms with Crippen LogP contribution in [-0.4, -0.2) is 11.6 Å². The van der Waals surface area contributed by atoms with E-state index in [1.165, 1.54) is 13.8 Å². The highest BCUT2D eigenvalue weighted by Gasteiger charge is 2.29. The maximum atomic E-state index is 11.9. The zero-order valence-electron chi connectivity index (χ0n) is 10.9. The number of fused-ring (bicyclic) bond motifs is 2. The van der Waals surface area contributed by atoms with Crippen LogP contribution in [0.4, 0.5) is 0 Å². The Balaban J connectivity index is 2.32. The van der Waals surface area contributed by atoms with Gasteiger partial charge in [-0.15, -0.1) is 0 Å². The monoisotopic (exact) mass is 250 g/mol. The van der Waals surface area contributed by atoms with Crippen LogP contribution in [-0.2, 0) is 9.59 Å². The van der Waals surface area contributed by atoms with Crippen molar-refractivity contribution in [3.8, 4) is 0 Å². The maximum absolute atomic E-state index is 11.9. The highest BCUT2D eigenvalue weighted by atomic mass is 16.1. The molecule has 1 atom stereocenters. The first-order valence-electron chi connectivity index (χ1n) is 6.35. The average molecular weight is 250 g/mol. The molecule has 0 heterocycles. The quantitative estimate of drug-likeness (QED) is 0.792. The fourth-order valence-corrected chi connectivity index (χ4v) is 2.92. The molecule has 0 N–H and O–H groups in total. The minimum atomic E-state index is -0.0706. The van der Waals surface area contributed by atoms with Gasteiger partial charge in [0.05, 0.1) is 0 Å². The lowest BCUT2D eigenvalue weighted by atomic mass is 9.81. The van der Waals surface area contributed by atoms with E-state index in [1.54, 1.807) is 6.08 Å². The molecule has 0 amide bonds. The second-order valence-corrected chi connectivity index (χ2v) is 4.96. The number of carbonyl (C=O) groups is 2. The number of benzene rings is 1. The molecule has 0 radical (unpaired) electrons. The third-order valence-corrected chi connectivity index (χ3v) is 3.74. The molecule has 2 aliphatic rings. The lowest BCUT2D eigenvalue weighted by molar-refractivity contribution is -0.116. The van der Waals surface area contributed by atoms with Gasteiger partial charge in [0.25, 0.3) is 0 Å². The molecule has 19 heavy (non-hydrogen) atoms. The summed E-state index contributed by atoms with van der Waals surface area (Å²) in [5, 5.41) is 2.29. The van der Waals surface area contributed by atoms with Crippen LogP contribution in [0.2, 0.25) is 0 Å². The zero-order valence-corrected chi connectivity index (χ0v) is 10.9. The molecule has 2 heteroatoms. The van der Waals surface area contributed by atoms with Crippen LogP contribution in [0.25, 0.3) is 11.6 Å². The number of Topliss-reactive ketones (excluding diaryl/α,β-unsaturated/α-hetero) is 2. The Morgan fingerprint density at radius 2 is 1.74 bits per heavy atom. The van der Waals surface area contributed by atoms with E-state index >= 15 is 0 Å². The van der Waals surface area contributed by atoms with E-state index < -0.39 is 0 Å². The highest BCUT2D eigenvalue weighted by Crippen LogP contribution is 2.33. The van der Waals surface area contributed by atoms with Gasteiger partial charge in [-0.2, -0.15) is 0 Å². The summed E-state index contributed by atoms with van der Waals surface area (Å²) >= 11 is 0. The summed E-state index contributed by atoms with van der Waals surface area (Å²) in [6, 6.07) is 8.08. The van der Waals surface area contributed by atoms with E-state index in [1.807, 2.05) is 24.3 Å². The molecular weight excluding hydrogens is 236 g/mol. The SMILES string of the molecule is CC(=O)C1=C(C(C)=O)C2C=c3ccccc3=C2C=C1. The van der Waals surface area contributed by atoms with Crippen molar-refractivity contribution in [3.63, 3.8) is 0 Å². The minimum absolute atomic E-state index is 0.0268. The Hall–Kier alpha value is -2.22. The van der Waals surface area contributed by atoms with Gasteiger partial charge in [-0.3, -0.25) is 9.59 Å². The molecule has 1 aromatic rings. The lowest BCUT2D eigenvalue weighted by Crippen LogP contribution is -2.22. The van der Waals surface area contributed by atoms with Gasteiger partial charge in [0.15, 0.2) is 11.6 Å². The lowest BCUT2D eigenvalue weighted by Gasteiger charge is -2.20. The second kappa shape index (κ2) is 4.16. The van der Waals surface area contributed by atoms with Crippen LogP contribution in [0.5, 0.6) is 0 Å². The number of hydrogen-bond donors (Lipinski definition) is 0.